The number of rotatable bonds is 7. The Kier molecular flexibility index (Phi) is 6.09. The molecule has 20 heavy (non-hydrogen) atoms. The van der Waals surface area contributed by atoms with E-state index in [0.29, 0.717) is 5.75 Å². The number of alkyl halides is 3. The summed E-state index contributed by atoms with van der Waals surface area (Å²) in [5, 5.41) is 7.68. The van der Waals surface area contributed by atoms with Crippen LogP contribution in [0.1, 0.15) is 12.0 Å². The molecular weight excluding hydrogens is 297 g/mol. The lowest BCUT2D eigenvalue weighted by Crippen LogP contribution is -2.18. The monoisotopic (exact) mass is 310 g/mol. The number of nitrogens with one attached hydrogen (secondary N) is 1. The summed E-state index contributed by atoms with van der Waals surface area (Å²) in [7, 11) is 0. The highest BCUT2D eigenvalue weighted by atomic mass is 35.5. The van der Waals surface area contributed by atoms with Gasteiger partial charge >= 0.3 is 6.18 Å². The van der Waals surface area contributed by atoms with Crippen molar-refractivity contribution in [3.05, 3.63) is 28.8 Å². The van der Waals surface area contributed by atoms with Crippen LogP contribution in [0.5, 0.6) is 5.75 Å². The predicted octanol–water partition coefficient (Wildman–Crippen LogP) is 2.97. The highest BCUT2D eigenvalue weighted by Gasteiger charge is 2.27. The van der Waals surface area contributed by atoms with E-state index in [9.17, 15) is 13.2 Å². The van der Waals surface area contributed by atoms with Crippen molar-refractivity contribution in [1.29, 1.82) is 5.41 Å². The molecular formula is C12H14ClF3N2O2. The van der Waals surface area contributed by atoms with Crippen LogP contribution in [0.25, 0.3) is 0 Å². The molecule has 0 aliphatic heterocycles. The first kappa shape index (κ1) is 16.6. The number of ether oxygens (including phenoxy) is 2. The second-order valence-electron chi connectivity index (χ2n) is 3.90. The van der Waals surface area contributed by atoms with Crippen LogP contribution in [-0.2, 0) is 4.74 Å². The normalized spacial score (nSPS) is 11.4. The minimum Gasteiger partial charge on any atom is -0.493 e. The average molecular weight is 311 g/mol. The highest BCUT2D eigenvalue weighted by Crippen LogP contribution is 2.25. The van der Waals surface area contributed by atoms with Gasteiger partial charge in [0, 0.05) is 6.42 Å². The van der Waals surface area contributed by atoms with Crippen molar-refractivity contribution in [1.82, 2.24) is 0 Å². The van der Waals surface area contributed by atoms with Gasteiger partial charge in [-0.15, -0.1) is 0 Å². The fourth-order valence-electron chi connectivity index (χ4n) is 1.42. The third kappa shape index (κ3) is 5.66. The molecule has 4 nitrogen and oxygen atoms in total. The largest absolute Gasteiger partial charge is 0.493 e. The van der Waals surface area contributed by atoms with Crippen LogP contribution in [0.2, 0.25) is 5.02 Å². The standard InChI is InChI=1S/C12H14ClF3N2O2/c13-8-3-1-4-9(10(8)11(17)18)20-6-2-5-19-7-12(14,15)16/h1,3-4H,2,5-7H2,(H3,17,18). The topological polar surface area (TPSA) is 68.3 Å². The van der Waals surface area contributed by atoms with Gasteiger partial charge in [0.1, 0.15) is 18.2 Å². The second-order valence-corrected chi connectivity index (χ2v) is 4.30. The fraction of sp³-hybridized carbons (Fsp3) is 0.417. The molecule has 0 amide bonds. The number of hydrogen-bond acceptors (Lipinski definition) is 3. The van der Waals surface area contributed by atoms with Crippen LogP contribution in [0.3, 0.4) is 0 Å². The Morgan fingerprint density at radius 2 is 2.00 bits per heavy atom. The first-order valence-electron chi connectivity index (χ1n) is 5.71. The lowest BCUT2D eigenvalue weighted by atomic mass is 10.2. The molecule has 0 saturated heterocycles. The van der Waals surface area contributed by atoms with Gasteiger partial charge in [-0.3, -0.25) is 5.41 Å². The van der Waals surface area contributed by atoms with Gasteiger partial charge in [-0.05, 0) is 12.1 Å². The van der Waals surface area contributed by atoms with E-state index >= 15 is 0 Å². The van der Waals surface area contributed by atoms with Crippen molar-refractivity contribution in [2.45, 2.75) is 12.6 Å². The number of benzene rings is 1. The number of nitrogen functional groups attached to an aromatic ring is 1. The summed E-state index contributed by atoms with van der Waals surface area (Å²) in [4.78, 5) is 0. The molecule has 1 rings (SSSR count). The van der Waals surface area contributed by atoms with Crippen molar-refractivity contribution in [2.24, 2.45) is 5.73 Å². The SMILES string of the molecule is N=C(N)c1c(Cl)cccc1OCCCOCC(F)(F)F. The average Bonchev–Trinajstić information content (AvgIpc) is 2.31. The fourth-order valence-corrected chi connectivity index (χ4v) is 1.68. The zero-order valence-corrected chi connectivity index (χ0v) is 11.2. The molecule has 0 bridgehead atoms. The van der Waals surface area contributed by atoms with E-state index in [0.717, 1.165) is 0 Å². The quantitative estimate of drug-likeness (QED) is 0.462. The van der Waals surface area contributed by atoms with Crippen LogP contribution >= 0.6 is 11.6 Å². The van der Waals surface area contributed by atoms with E-state index in [1.54, 1.807) is 18.2 Å². The van der Waals surface area contributed by atoms with Crippen LogP contribution < -0.4 is 10.5 Å². The maximum atomic E-state index is 11.8. The second kappa shape index (κ2) is 7.35. The molecule has 0 aliphatic rings. The summed E-state index contributed by atoms with van der Waals surface area (Å²) >= 11 is 5.89. The molecule has 112 valence electrons. The van der Waals surface area contributed by atoms with Crippen LogP contribution in [0.15, 0.2) is 18.2 Å². The molecule has 1 aromatic rings. The molecule has 0 atom stereocenters. The van der Waals surface area contributed by atoms with Gasteiger partial charge < -0.3 is 15.2 Å². The van der Waals surface area contributed by atoms with Gasteiger partial charge in [0.05, 0.1) is 23.8 Å². The summed E-state index contributed by atoms with van der Waals surface area (Å²) in [6, 6.07) is 4.78. The maximum Gasteiger partial charge on any atom is 0.411 e. The van der Waals surface area contributed by atoms with E-state index < -0.39 is 12.8 Å². The highest BCUT2D eigenvalue weighted by molar-refractivity contribution is 6.34. The van der Waals surface area contributed by atoms with Gasteiger partial charge in [-0.25, -0.2) is 0 Å². The molecule has 0 saturated carbocycles. The Labute approximate surface area is 119 Å². The summed E-state index contributed by atoms with van der Waals surface area (Å²) in [5.74, 6) is 0.0831. The molecule has 0 aliphatic carbocycles. The lowest BCUT2D eigenvalue weighted by Gasteiger charge is -2.12. The molecule has 0 radical (unpaired) electrons. The zero-order chi connectivity index (χ0) is 15.2. The molecule has 0 fully saturated rings. The number of hydrogen-bond donors (Lipinski definition) is 2. The van der Waals surface area contributed by atoms with Crippen molar-refractivity contribution in [2.75, 3.05) is 19.8 Å². The Balaban J connectivity index is 2.40. The third-order valence-corrected chi connectivity index (χ3v) is 2.52. The van der Waals surface area contributed by atoms with Gasteiger partial charge in [0.25, 0.3) is 0 Å². The maximum absolute atomic E-state index is 11.8. The number of nitrogens with two attached hydrogens (primary N) is 1. The lowest BCUT2D eigenvalue weighted by molar-refractivity contribution is -0.174. The van der Waals surface area contributed by atoms with E-state index in [1.807, 2.05) is 0 Å². The van der Waals surface area contributed by atoms with Crippen molar-refractivity contribution in [3.63, 3.8) is 0 Å². The molecule has 0 unspecified atom stereocenters. The van der Waals surface area contributed by atoms with E-state index in [-0.39, 0.29) is 36.1 Å². The molecule has 8 heteroatoms. The first-order chi connectivity index (χ1) is 9.31. The van der Waals surface area contributed by atoms with Gasteiger partial charge in [-0.1, -0.05) is 17.7 Å². The molecule has 3 N–H and O–H groups in total. The Morgan fingerprint density at radius 3 is 2.60 bits per heavy atom. The smallest absolute Gasteiger partial charge is 0.411 e. The summed E-state index contributed by atoms with van der Waals surface area (Å²) in [6.45, 7) is -1.21. The minimum absolute atomic E-state index is 0.0739. The molecule has 0 aromatic heterocycles. The van der Waals surface area contributed by atoms with E-state index in [4.69, 9.17) is 27.5 Å². The zero-order valence-electron chi connectivity index (χ0n) is 10.5. The number of amidine groups is 1. The van der Waals surface area contributed by atoms with Crippen LogP contribution in [0.4, 0.5) is 13.2 Å². The Hall–Kier alpha value is -1.47. The first-order valence-corrected chi connectivity index (χ1v) is 6.09. The Morgan fingerprint density at radius 1 is 1.30 bits per heavy atom. The summed E-state index contributed by atoms with van der Waals surface area (Å²) in [5.41, 5.74) is 5.65. The summed E-state index contributed by atoms with van der Waals surface area (Å²) in [6.07, 6.45) is -4.05. The predicted molar refractivity (Wildman–Crippen MR) is 69.5 cm³/mol. The van der Waals surface area contributed by atoms with E-state index in [2.05, 4.69) is 4.74 Å². The van der Waals surface area contributed by atoms with Gasteiger partial charge in [-0.2, -0.15) is 13.2 Å². The Bertz CT molecular complexity index is 467. The van der Waals surface area contributed by atoms with E-state index in [1.165, 1.54) is 0 Å². The van der Waals surface area contributed by atoms with Crippen LogP contribution in [-0.4, -0.2) is 31.8 Å². The molecule has 0 spiro atoms. The van der Waals surface area contributed by atoms with Crippen molar-refractivity contribution < 1.29 is 22.6 Å². The van der Waals surface area contributed by atoms with Crippen LogP contribution in [0, 0.1) is 5.41 Å². The van der Waals surface area contributed by atoms with Crippen molar-refractivity contribution >= 4 is 17.4 Å². The summed E-state index contributed by atoms with van der Waals surface area (Å²) < 4.78 is 45.2. The molecule has 0 heterocycles. The van der Waals surface area contributed by atoms with Gasteiger partial charge in [0.15, 0.2) is 0 Å². The third-order valence-electron chi connectivity index (χ3n) is 2.20. The van der Waals surface area contributed by atoms with Crippen molar-refractivity contribution in [3.8, 4) is 5.75 Å². The number of halogens is 4. The van der Waals surface area contributed by atoms with Gasteiger partial charge in [0.2, 0.25) is 0 Å². The minimum atomic E-state index is -4.32. The molecule has 1 aromatic carbocycles.